The van der Waals surface area contributed by atoms with E-state index in [0.29, 0.717) is 75.1 Å². The minimum absolute atomic E-state index is 0. The number of carboxylic acids is 1. The quantitative estimate of drug-likeness (QED) is 0.00987. The molecule has 0 saturated carbocycles. The van der Waals surface area contributed by atoms with Gasteiger partial charge in [-0.2, -0.15) is 29.0 Å². The van der Waals surface area contributed by atoms with Gasteiger partial charge in [-0.3, -0.25) is 24.4 Å². The van der Waals surface area contributed by atoms with E-state index >= 15 is 0 Å². The molecule has 634 valence electrons. The van der Waals surface area contributed by atoms with E-state index in [-0.39, 0.29) is 66.4 Å². The number of benzene rings is 4. The number of carbonyl (C=O) groups excluding carboxylic acids is 4. The summed E-state index contributed by atoms with van der Waals surface area (Å²) in [5.74, 6) is 1.25. The second-order valence-electron chi connectivity index (χ2n) is 24.6. The molecule has 0 atom stereocenters. The first-order valence-corrected chi connectivity index (χ1v) is 34.5. The average Bonchev–Trinajstić information content (AvgIpc) is 1.65. The molecule has 0 amide bonds. The number of nitrogens with zero attached hydrogens (tertiary/aromatic N) is 19. The van der Waals surface area contributed by atoms with E-state index in [0.717, 1.165) is 73.4 Å². The van der Waals surface area contributed by atoms with Crippen LogP contribution in [0.5, 0.6) is 0 Å². The lowest BCUT2D eigenvalue weighted by molar-refractivity contribution is -0.179. The van der Waals surface area contributed by atoms with Gasteiger partial charge < -0.3 is 64.3 Å². The second kappa shape index (κ2) is 54.0. The van der Waals surface area contributed by atoms with Gasteiger partial charge in [0.15, 0.2) is 29.1 Å². The monoisotopic (exact) mass is 1620 g/mol. The Bertz CT molecular complexity index is 5040. The zero-order valence-electron chi connectivity index (χ0n) is 66.0. The van der Waals surface area contributed by atoms with Crippen molar-refractivity contribution < 1.29 is 57.5 Å². The zero-order chi connectivity index (χ0) is 82.4. The number of nitrogen functional groups attached to an aromatic ring is 1. The van der Waals surface area contributed by atoms with E-state index in [1.165, 1.54) is 47.8 Å². The minimum atomic E-state index is -0.833. The minimum Gasteiger partial charge on any atom is -0.503 e. The number of pyridine rings is 1. The first-order valence-electron chi connectivity index (χ1n) is 34.5. The van der Waals surface area contributed by atoms with Gasteiger partial charge in [0.05, 0.1) is 56.3 Å². The number of ketones is 1. The number of Topliss-reactive ketones (excluding diaryl/α,β-unsaturated/α-hetero) is 1. The fraction of sp³-hybridized carbons (Fsp3) is 0.354. The number of aromatic nitrogens is 16. The molecule has 35 heteroatoms. The first kappa shape index (κ1) is 104. The number of nitrogens with one attached hydrogen (secondary N) is 1. The SMILES string of the molecule is C.C.C.C.C.CC(=O)O.CN(C)CCCN.CN(C)CCCn1ccc2c(cnc3nc(-c4ccccc4)nn32)c1=O.CO/C=C(\C(C)=O)C(=O)OC.COC(=O)c1cnc2nc(-c3ccccc3)nn2c1/C=C/N(C)C.COC(=O)c1cnc2nc(-c3ccccc3)nn2c1C.COC(OC)N(C)C.Nc1n[nH]c(-c2ccccc2)n1. The first-order chi connectivity index (χ1) is 53.6. The Morgan fingerprint density at radius 2 is 0.991 bits per heavy atom. The molecule has 8 aromatic heterocycles. The summed E-state index contributed by atoms with van der Waals surface area (Å²) in [4.78, 5) is 105. The van der Waals surface area contributed by atoms with Crippen LogP contribution in [0.25, 0.3) is 79.9 Å². The molecule has 0 fully saturated rings. The molecule has 35 nitrogen and oxygen atoms in total. The number of ether oxygens (including phenoxy) is 6. The van der Waals surface area contributed by atoms with Crippen molar-refractivity contribution in [1.29, 1.82) is 0 Å². The zero-order valence-corrected chi connectivity index (χ0v) is 66.0. The number of carbonyl (C=O) groups is 5. The smallest absolute Gasteiger partial charge is 0.344 e. The van der Waals surface area contributed by atoms with Gasteiger partial charge in [0.2, 0.25) is 12.4 Å². The van der Waals surface area contributed by atoms with Crippen molar-refractivity contribution in [3.05, 3.63) is 203 Å². The van der Waals surface area contributed by atoms with Gasteiger partial charge in [-0.25, -0.2) is 33.9 Å². The normalized spacial score (nSPS) is 10.3. The third-order valence-corrected chi connectivity index (χ3v) is 15.0. The lowest BCUT2D eigenvalue weighted by Crippen LogP contribution is -2.30. The highest BCUT2D eigenvalue weighted by atomic mass is 16.7. The van der Waals surface area contributed by atoms with E-state index in [1.807, 2.05) is 192 Å². The number of H-pyrrole nitrogens is 1. The van der Waals surface area contributed by atoms with Crippen molar-refractivity contribution >= 4 is 69.9 Å². The summed E-state index contributed by atoms with van der Waals surface area (Å²) in [7, 11) is 24.2. The molecular formula is C82H118N22O13. The number of hydrogen-bond donors (Lipinski definition) is 4. The topological polar surface area (TPSA) is 419 Å². The number of aryl methyl sites for hydroxylation is 2. The summed E-state index contributed by atoms with van der Waals surface area (Å²) in [5.41, 5.74) is 16.8. The fourth-order valence-corrected chi connectivity index (χ4v) is 9.60. The van der Waals surface area contributed by atoms with Crippen LogP contribution in [0.2, 0.25) is 0 Å². The van der Waals surface area contributed by atoms with Crippen LogP contribution in [0, 0.1) is 6.92 Å². The van der Waals surface area contributed by atoms with E-state index in [1.54, 1.807) is 51.5 Å². The third kappa shape index (κ3) is 32.5. The molecule has 117 heavy (non-hydrogen) atoms. The maximum absolute atomic E-state index is 12.8. The van der Waals surface area contributed by atoms with Gasteiger partial charge in [-0.15, -0.1) is 20.4 Å². The third-order valence-electron chi connectivity index (χ3n) is 15.0. The highest BCUT2D eigenvalue weighted by Gasteiger charge is 2.20. The molecule has 0 aliphatic rings. The summed E-state index contributed by atoms with van der Waals surface area (Å²) in [6, 6.07) is 40.6. The highest BCUT2D eigenvalue weighted by molar-refractivity contribution is 6.16. The number of aliphatic carboxylic acids is 1. The lowest BCUT2D eigenvalue weighted by atomic mass is 10.2. The highest BCUT2D eigenvalue weighted by Crippen LogP contribution is 2.22. The van der Waals surface area contributed by atoms with E-state index in [9.17, 15) is 24.0 Å². The van der Waals surface area contributed by atoms with Gasteiger partial charge in [0.25, 0.3) is 28.9 Å². The Kier molecular flexibility index (Phi) is 48.0. The molecule has 12 rings (SSSR count). The summed E-state index contributed by atoms with van der Waals surface area (Å²) < 4.78 is 34.6. The second-order valence-corrected chi connectivity index (χ2v) is 24.6. The number of methoxy groups -OCH3 is 6. The molecule has 0 aliphatic heterocycles. The molecule has 12 aromatic rings. The Morgan fingerprint density at radius 1 is 0.564 bits per heavy atom. The molecule has 0 spiro atoms. The van der Waals surface area contributed by atoms with E-state index in [2.05, 4.69) is 93.8 Å². The van der Waals surface area contributed by atoms with Gasteiger partial charge in [0.1, 0.15) is 17.4 Å². The van der Waals surface area contributed by atoms with Crippen LogP contribution in [-0.2, 0) is 49.3 Å². The van der Waals surface area contributed by atoms with Crippen molar-refractivity contribution in [3.63, 3.8) is 0 Å². The van der Waals surface area contributed by atoms with Crippen molar-refractivity contribution in [2.75, 3.05) is 124 Å². The van der Waals surface area contributed by atoms with Crippen molar-refractivity contribution in [1.82, 2.24) is 98.1 Å². The largest absolute Gasteiger partial charge is 0.503 e. The number of esters is 3. The van der Waals surface area contributed by atoms with Gasteiger partial charge in [-0.1, -0.05) is 158 Å². The Balaban J connectivity index is 0.00000138. The molecule has 0 radical (unpaired) electrons. The molecule has 0 saturated heterocycles. The van der Waals surface area contributed by atoms with Crippen LogP contribution in [0.15, 0.2) is 175 Å². The van der Waals surface area contributed by atoms with Gasteiger partial charge >= 0.3 is 17.9 Å². The van der Waals surface area contributed by atoms with Crippen LogP contribution in [0.3, 0.4) is 0 Å². The number of nitrogens with two attached hydrogens (primary N) is 2. The van der Waals surface area contributed by atoms with Gasteiger partial charge in [0, 0.05) is 95.0 Å². The number of fused-ring (bicyclic) bond motifs is 5. The predicted molar refractivity (Wildman–Crippen MR) is 458 cm³/mol. The Hall–Kier alpha value is -12.9. The number of anilines is 1. The molecule has 0 bridgehead atoms. The Labute approximate surface area is 685 Å². The lowest BCUT2D eigenvalue weighted by Gasteiger charge is -2.19. The van der Waals surface area contributed by atoms with Crippen LogP contribution >= 0.6 is 0 Å². The van der Waals surface area contributed by atoms with Crippen LogP contribution in [0.4, 0.5) is 5.95 Å². The summed E-state index contributed by atoms with van der Waals surface area (Å²) in [6.07, 6.45) is 12.8. The summed E-state index contributed by atoms with van der Waals surface area (Å²) in [6.45, 7) is 7.66. The molecular weight excluding hydrogens is 1500 g/mol. The van der Waals surface area contributed by atoms with Crippen molar-refractivity contribution in [2.45, 2.75) is 83.7 Å². The van der Waals surface area contributed by atoms with Gasteiger partial charge in [-0.05, 0) is 101 Å². The van der Waals surface area contributed by atoms with Crippen LogP contribution in [-0.4, -0.2) is 258 Å². The summed E-state index contributed by atoms with van der Waals surface area (Å²) >= 11 is 0. The maximum Gasteiger partial charge on any atom is 0.344 e. The molecule has 4 aromatic carbocycles. The molecule has 0 aliphatic carbocycles. The summed E-state index contributed by atoms with van der Waals surface area (Å²) in [5, 5.41) is 27.9. The molecule has 0 unspecified atom stereocenters. The van der Waals surface area contributed by atoms with Crippen molar-refractivity contribution in [2.24, 2.45) is 5.73 Å². The predicted octanol–water partition coefficient (Wildman–Crippen LogP) is 10.7. The van der Waals surface area contributed by atoms with E-state index < -0.39 is 23.9 Å². The average molecular weight is 1620 g/mol. The fourth-order valence-electron chi connectivity index (χ4n) is 9.60. The number of hydrogen-bond acceptors (Lipinski definition) is 29. The van der Waals surface area contributed by atoms with Crippen LogP contribution in [0.1, 0.15) is 95.9 Å². The molecule has 8 heterocycles. The van der Waals surface area contributed by atoms with E-state index in [4.69, 9.17) is 40.3 Å². The standard InChI is InChI=1S/C19H20N6O.C17H17N5O2.C14H12N4O2.C8H8N4.C7H10O4.C5H14N2.C5H13NO2.C2H4O2.5CH4/c1-23(2)10-6-11-24-12-9-16-15(18(24)26)13-20-19-21-17(22-25(16)19)14-7-4-3-5-8-14;1-21(2)10-9-14-13(16(23)24-3)11-18-17-19-15(20-22(14)17)12-7-5-4-6-8-12;1-9-11(13(19)20-2)8-15-14-16-12(17-18(9)14)10-6-4-3-5-7-10;9-8-10-7(11-12-8)6-4-2-1-3-5-6;1-5(8)6(4-10-2)7(9)11-3;1-7(2)5-3-4-6;1-6(2)5(7-3)8-4;1-2(3)4;;;;;/h3-5,7-9,12-13H,6,10-11H2,1-2H3;4-11H,1-3H3;3-8H,1-2H3;1-5H,(H3,9,10,11,12);4H,1-3H3;3-6H2,1-2H3;5H,1-4H3;1H3,(H,3,4);5*1H4/b;10-9+;;;6-4+;;;;;;;;. The number of carboxylic acid groups (broad SMARTS) is 1. The Morgan fingerprint density at radius 3 is 1.38 bits per heavy atom. The number of aromatic amines is 1. The van der Waals surface area contributed by atoms with Crippen LogP contribution < -0.4 is 17.0 Å². The molecule has 6 N–H and O–H groups in total. The van der Waals surface area contributed by atoms with Crippen molar-refractivity contribution in [3.8, 4) is 45.6 Å². The number of rotatable bonds is 21. The maximum atomic E-state index is 12.8.